The van der Waals surface area contributed by atoms with E-state index in [0.29, 0.717) is 24.9 Å². The average Bonchev–Trinajstić information content (AvgIpc) is 2.98. The number of imide groups is 2. The van der Waals surface area contributed by atoms with Gasteiger partial charge in [0, 0.05) is 36.8 Å². The molecule has 160 valence electrons. The minimum absolute atomic E-state index is 0.0516. The molecule has 4 amide bonds. The van der Waals surface area contributed by atoms with Gasteiger partial charge in [-0.15, -0.1) is 0 Å². The number of carbonyl (C=O) groups is 3. The monoisotopic (exact) mass is 414 g/mol. The van der Waals surface area contributed by atoms with E-state index in [0.717, 1.165) is 24.9 Å². The van der Waals surface area contributed by atoms with Crippen molar-refractivity contribution in [2.45, 2.75) is 64.5 Å². The standard InChI is InChI=1S/C21H26N4O5/c1-3-13(2)24-19(27)21(18(26)22-20(24)28)12-14-11-15(25(29)30)8-9-16(14)23-10-6-4-5-7-17(21)23/h8-9,11,13,17H,3-7,10,12H2,1-2H3,(H,22,26,28)/t13-,17+,21+/m0/s1. The van der Waals surface area contributed by atoms with E-state index in [9.17, 15) is 24.5 Å². The summed E-state index contributed by atoms with van der Waals surface area (Å²) in [5.74, 6) is -1.08. The Morgan fingerprint density at radius 3 is 2.73 bits per heavy atom. The Hall–Kier alpha value is -2.97. The first-order valence-electron chi connectivity index (χ1n) is 10.5. The topological polar surface area (TPSA) is 113 Å². The number of benzene rings is 1. The second-order valence-electron chi connectivity index (χ2n) is 8.47. The molecule has 3 aliphatic rings. The van der Waals surface area contributed by atoms with Crippen LogP contribution in [-0.4, -0.2) is 46.3 Å². The van der Waals surface area contributed by atoms with Crippen LogP contribution in [0.4, 0.5) is 16.2 Å². The highest BCUT2D eigenvalue weighted by Gasteiger charge is 2.62. The summed E-state index contributed by atoms with van der Waals surface area (Å²) in [4.78, 5) is 53.7. The average molecular weight is 414 g/mol. The molecular weight excluding hydrogens is 388 g/mol. The molecule has 1 N–H and O–H groups in total. The minimum atomic E-state index is -1.47. The summed E-state index contributed by atoms with van der Waals surface area (Å²) < 4.78 is 0. The Morgan fingerprint density at radius 2 is 2.03 bits per heavy atom. The van der Waals surface area contributed by atoms with Crippen molar-refractivity contribution in [1.29, 1.82) is 0 Å². The molecule has 9 nitrogen and oxygen atoms in total. The lowest BCUT2D eigenvalue weighted by Gasteiger charge is -2.52. The number of nitro benzene ring substituents is 1. The van der Waals surface area contributed by atoms with Crippen LogP contribution in [-0.2, 0) is 16.0 Å². The number of carbonyl (C=O) groups excluding carboxylic acids is 3. The van der Waals surface area contributed by atoms with Crippen LogP contribution in [0, 0.1) is 15.5 Å². The van der Waals surface area contributed by atoms with Crippen molar-refractivity contribution in [2.75, 3.05) is 11.4 Å². The van der Waals surface area contributed by atoms with Crippen LogP contribution in [0.1, 0.15) is 51.5 Å². The Bertz CT molecular complexity index is 932. The number of barbiturate groups is 1. The molecule has 0 saturated carbocycles. The summed E-state index contributed by atoms with van der Waals surface area (Å²) in [7, 11) is 0. The summed E-state index contributed by atoms with van der Waals surface area (Å²) in [6.07, 6.45) is 4.04. The van der Waals surface area contributed by atoms with E-state index in [1.165, 1.54) is 17.0 Å². The van der Waals surface area contributed by atoms with Crippen molar-refractivity contribution >= 4 is 29.2 Å². The molecule has 3 aliphatic heterocycles. The Kier molecular flexibility index (Phi) is 4.99. The van der Waals surface area contributed by atoms with E-state index in [1.54, 1.807) is 13.0 Å². The molecule has 2 fully saturated rings. The highest BCUT2D eigenvalue weighted by atomic mass is 16.6. The van der Waals surface area contributed by atoms with Gasteiger partial charge in [0.2, 0.25) is 11.8 Å². The van der Waals surface area contributed by atoms with Gasteiger partial charge < -0.3 is 4.90 Å². The van der Waals surface area contributed by atoms with Crippen molar-refractivity contribution in [3.05, 3.63) is 33.9 Å². The van der Waals surface area contributed by atoms with Gasteiger partial charge in [0.05, 0.1) is 11.0 Å². The third kappa shape index (κ3) is 2.86. The number of amides is 4. The lowest BCUT2D eigenvalue weighted by atomic mass is 9.67. The van der Waals surface area contributed by atoms with Crippen molar-refractivity contribution in [2.24, 2.45) is 5.41 Å². The minimum Gasteiger partial charge on any atom is -0.367 e. The number of hydrogen-bond acceptors (Lipinski definition) is 6. The quantitative estimate of drug-likeness (QED) is 0.462. The molecule has 0 aromatic heterocycles. The number of fused-ring (bicyclic) bond motifs is 4. The highest BCUT2D eigenvalue weighted by molar-refractivity contribution is 6.20. The van der Waals surface area contributed by atoms with Crippen LogP contribution in [0.3, 0.4) is 0 Å². The molecule has 0 radical (unpaired) electrons. The first-order valence-corrected chi connectivity index (χ1v) is 10.5. The van der Waals surface area contributed by atoms with Crippen molar-refractivity contribution in [3.8, 4) is 0 Å². The number of urea groups is 1. The van der Waals surface area contributed by atoms with Gasteiger partial charge in [-0.05, 0) is 37.8 Å². The summed E-state index contributed by atoms with van der Waals surface area (Å²) in [6.45, 7) is 4.33. The number of rotatable bonds is 3. The van der Waals surface area contributed by atoms with Crippen LogP contribution in [0.25, 0.3) is 0 Å². The van der Waals surface area contributed by atoms with Crippen LogP contribution >= 0.6 is 0 Å². The van der Waals surface area contributed by atoms with Gasteiger partial charge in [0.15, 0.2) is 5.41 Å². The molecule has 0 bridgehead atoms. The predicted molar refractivity (Wildman–Crippen MR) is 109 cm³/mol. The lowest BCUT2D eigenvalue weighted by Crippen LogP contribution is -2.73. The molecular formula is C21H26N4O5. The zero-order valence-corrected chi connectivity index (χ0v) is 17.2. The van der Waals surface area contributed by atoms with Crippen molar-refractivity contribution in [3.63, 3.8) is 0 Å². The fourth-order valence-electron chi connectivity index (χ4n) is 5.14. The molecule has 3 heterocycles. The van der Waals surface area contributed by atoms with E-state index >= 15 is 0 Å². The maximum atomic E-state index is 13.8. The molecule has 2 saturated heterocycles. The van der Waals surface area contributed by atoms with Crippen molar-refractivity contribution < 1.29 is 19.3 Å². The van der Waals surface area contributed by atoms with Crippen LogP contribution in [0.2, 0.25) is 0 Å². The molecule has 3 atom stereocenters. The molecule has 0 aliphatic carbocycles. The number of non-ortho nitro benzene ring substituents is 1. The van der Waals surface area contributed by atoms with Gasteiger partial charge in [-0.2, -0.15) is 0 Å². The molecule has 4 rings (SSSR count). The van der Waals surface area contributed by atoms with Gasteiger partial charge >= 0.3 is 6.03 Å². The summed E-state index contributed by atoms with van der Waals surface area (Å²) >= 11 is 0. The van der Waals surface area contributed by atoms with Gasteiger partial charge in [-0.1, -0.05) is 19.8 Å². The number of nitrogens with one attached hydrogen (secondary N) is 1. The van der Waals surface area contributed by atoms with Crippen LogP contribution in [0.15, 0.2) is 18.2 Å². The first kappa shape index (κ1) is 20.3. The third-order valence-electron chi connectivity index (χ3n) is 6.85. The zero-order valence-electron chi connectivity index (χ0n) is 17.2. The molecule has 0 unspecified atom stereocenters. The van der Waals surface area contributed by atoms with E-state index < -0.39 is 28.2 Å². The Labute approximate surface area is 174 Å². The smallest absolute Gasteiger partial charge is 0.331 e. The zero-order chi connectivity index (χ0) is 21.6. The normalized spacial score (nSPS) is 27.3. The molecule has 1 aromatic carbocycles. The van der Waals surface area contributed by atoms with E-state index in [-0.39, 0.29) is 24.2 Å². The van der Waals surface area contributed by atoms with Gasteiger partial charge in [-0.3, -0.25) is 29.9 Å². The van der Waals surface area contributed by atoms with Gasteiger partial charge in [-0.25, -0.2) is 4.79 Å². The van der Waals surface area contributed by atoms with Gasteiger partial charge in [0.25, 0.3) is 5.69 Å². The largest absolute Gasteiger partial charge is 0.367 e. The second kappa shape index (κ2) is 7.37. The van der Waals surface area contributed by atoms with E-state index in [2.05, 4.69) is 10.2 Å². The Balaban J connectivity index is 1.89. The first-order chi connectivity index (χ1) is 14.3. The number of nitro groups is 1. The van der Waals surface area contributed by atoms with E-state index in [1.807, 2.05) is 6.92 Å². The highest BCUT2D eigenvalue weighted by Crippen LogP contribution is 2.48. The van der Waals surface area contributed by atoms with Crippen molar-refractivity contribution in [1.82, 2.24) is 10.2 Å². The summed E-state index contributed by atoms with van der Waals surface area (Å²) in [5, 5.41) is 13.8. The number of nitrogens with zero attached hydrogens (tertiary/aromatic N) is 3. The maximum absolute atomic E-state index is 13.8. The summed E-state index contributed by atoms with van der Waals surface area (Å²) in [5.41, 5.74) is -0.102. The van der Waals surface area contributed by atoms with E-state index in [4.69, 9.17) is 0 Å². The molecule has 30 heavy (non-hydrogen) atoms. The molecule has 9 heteroatoms. The second-order valence-corrected chi connectivity index (χ2v) is 8.47. The van der Waals surface area contributed by atoms with Crippen LogP contribution < -0.4 is 10.2 Å². The van der Waals surface area contributed by atoms with Crippen LogP contribution in [0.5, 0.6) is 0 Å². The number of hydrogen-bond donors (Lipinski definition) is 1. The summed E-state index contributed by atoms with van der Waals surface area (Å²) in [6, 6.07) is 3.23. The maximum Gasteiger partial charge on any atom is 0.331 e. The molecule has 1 aromatic rings. The SMILES string of the molecule is CC[C@H](C)N1C(=O)NC(=O)[C@]2(Cc3cc([N+](=O)[O-])ccc3N3CCCCC[C@@H]32)C1=O. The number of anilines is 1. The molecule has 1 spiro atoms. The van der Waals surface area contributed by atoms with Gasteiger partial charge in [0.1, 0.15) is 0 Å². The Morgan fingerprint density at radius 1 is 1.27 bits per heavy atom. The fraction of sp³-hybridized carbons (Fsp3) is 0.571. The third-order valence-corrected chi connectivity index (χ3v) is 6.85. The predicted octanol–water partition coefficient (Wildman–Crippen LogP) is 2.76. The lowest BCUT2D eigenvalue weighted by molar-refractivity contribution is -0.384. The fourth-order valence-corrected chi connectivity index (χ4v) is 5.14.